The number of carbonyl (C=O) groups is 3. The molecule has 6 rings (SSSR count). The molecule has 192 valence electrons. The number of carbonyl (C=O) groups excluding carboxylic acids is 3. The van der Waals surface area contributed by atoms with E-state index in [9.17, 15) is 29.7 Å². The molecule has 6 aromatic rings. The molecule has 0 spiro atoms. The average Bonchev–Trinajstić information content (AvgIpc) is 2.96. The zero-order chi connectivity index (χ0) is 27.8. The van der Waals surface area contributed by atoms with E-state index in [4.69, 9.17) is 0 Å². The molecule has 0 saturated carbocycles. The van der Waals surface area contributed by atoms with Crippen LogP contribution in [0.3, 0.4) is 0 Å². The fourth-order valence-corrected chi connectivity index (χ4v) is 4.21. The molecule has 0 radical (unpaired) electrons. The van der Waals surface area contributed by atoms with Gasteiger partial charge in [0.25, 0.3) is 0 Å². The van der Waals surface area contributed by atoms with Crippen molar-refractivity contribution in [1.29, 1.82) is 0 Å². The molecule has 0 heterocycles. The summed E-state index contributed by atoms with van der Waals surface area (Å²) in [6.45, 7) is 0. The van der Waals surface area contributed by atoms with Crippen LogP contribution >= 0.6 is 0 Å². The van der Waals surface area contributed by atoms with Gasteiger partial charge in [0.1, 0.15) is 0 Å². The van der Waals surface area contributed by atoms with Gasteiger partial charge in [-0.25, -0.2) is 0 Å². The van der Waals surface area contributed by atoms with Crippen LogP contribution < -0.4 is 15.3 Å². The third-order valence-corrected chi connectivity index (χ3v) is 6.03. The molecule has 0 aliphatic rings. The Bertz CT molecular complexity index is 1580. The smallest absolute Gasteiger partial charge is 0.545 e. The molecule has 0 amide bonds. The third-order valence-electron chi connectivity index (χ3n) is 6.03. The summed E-state index contributed by atoms with van der Waals surface area (Å²) in [5.41, 5.74) is 0.745. The maximum absolute atomic E-state index is 10.7. The van der Waals surface area contributed by atoms with E-state index in [1.807, 2.05) is 72.8 Å². The Morgan fingerprint density at radius 2 is 0.575 bits per heavy atom. The van der Waals surface area contributed by atoms with E-state index in [1.165, 1.54) is 0 Å². The van der Waals surface area contributed by atoms with Gasteiger partial charge in [-0.2, -0.15) is 0 Å². The van der Waals surface area contributed by atoms with Gasteiger partial charge in [-0.1, -0.05) is 127 Å². The molecular weight excluding hydrogens is 519 g/mol. The summed E-state index contributed by atoms with van der Waals surface area (Å²) in [5.74, 6) is -3.38. The third kappa shape index (κ3) is 6.92. The normalized spacial score (nSPS) is 9.90. The standard InChI is InChI=1S/3C11H8O2.Al/c3*12-11(13)10-7-3-5-8-4-1-2-6-9(8)10;/h3*1-7H,(H,12,13);/q;;;+3/p-3. The molecule has 0 atom stereocenters. The van der Waals surface area contributed by atoms with Crippen LogP contribution in [0.1, 0.15) is 31.1 Å². The SMILES string of the molecule is O=C([O-])c1cccc2ccccc12.O=C([O-])c1cccc2ccccc12.O=C([O-])c1cccc2ccccc12.[Al+3]. The molecule has 0 saturated heterocycles. The van der Waals surface area contributed by atoms with E-state index in [-0.39, 0.29) is 34.1 Å². The van der Waals surface area contributed by atoms with Crippen LogP contribution in [-0.2, 0) is 0 Å². The fourth-order valence-electron chi connectivity index (χ4n) is 4.21. The van der Waals surface area contributed by atoms with Crippen molar-refractivity contribution in [2.45, 2.75) is 0 Å². The molecule has 0 fully saturated rings. The molecule has 6 aromatic carbocycles. The van der Waals surface area contributed by atoms with E-state index in [0.29, 0.717) is 0 Å². The van der Waals surface area contributed by atoms with E-state index in [0.717, 1.165) is 32.3 Å². The van der Waals surface area contributed by atoms with Crippen LogP contribution in [0.4, 0.5) is 0 Å². The summed E-state index contributed by atoms with van der Waals surface area (Å²) in [4.78, 5) is 32.1. The predicted octanol–water partition coefficient (Wildman–Crippen LogP) is 3.23. The van der Waals surface area contributed by atoms with Gasteiger partial charge in [0.15, 0.2) is 0 Å². The van der Waals surface area contributed by atoms with Crippen LogP contribution in [0.15, 0.2) is 127 Å². The first-order chi connectivity index (χ1) is 18.9. The van der Waals surface area contributed by atoms with E-state index >= 15 is 0 Å². The Morgan fingerprint density at radius 1 is 0.350 bits per heavy atom. The van der Waals surface area contributed by atoms with Crippen molar-refractivity contribution in [2.24, 2.45) is 0 Å². The van der Waals surface area contributed by atoms with Crippen LogP contribution in [0.5, 0.6) is 0 Å². The van der Waals surface area contributed by atoms with Gasteiger partial charge >= 0.3 is 17.4 Å². The van der Waals surface area contributed by atoms with Crippen molar-refractivity contribution in [2.75, 3.05) is 0 Å². The summed E-state index contributed by atoms with van der Waals surface area (Å²) in [6, 6.07) is 37.5. The van der Waals surface area contributed by atoms with Crippen LogP contribution in [0.25, 0.3) is 32.3 Å². The van der Waals surface area contributed by atoms with Crippen LogP contribution in [0.2, 0.25) is 0 Å². The van der Waals surface area contributed by atoms with Crippen molar-refractivity contribution >= 4 is 67.6 Å². The summed E-state index contributed by atoms with van der Waals surface area (Å²) in [6.07, 6.45) is 0. The number of aromatic carboxylic acids is 3. The Morgan fingerprint density at radius 3 is 0.825 bits per heavy atom. The molecule has 0 aromatic heterocycles. The largest absolute Gasteiger partial charge is 3.00 e. The van der Waals surface area contributed by atoms with Gasteiger partial charge in [0.05, 0.1) is 17.9 Å². The molecular formula is C33H21AlO6. The molecule has 0 aliphatic heterocycles. The monoisotopic (exact) mass is 540 g/mol. The summed E-state index contributed by atoms with van der Waals surface area (Å²) in [7, 11) is 0. The Kier molecular flexibility index (Phi) is 10.2. The molecule has 0 aliphatic carbocycles. The van der Waals surface area contributed by atoms with Crippen LogP contribution in [0, 0.1) is 0 Å². The summed E-state index contributed by atoms with van der Waals surface area (Å²) < 4.78 is 0. The molecule has 40 heavy (non-hydrogen) atoms. The second-order valence-corrected chi connectivity index (χ2v) is 8.44. The van der Waals surface area contributed by atoms with E-state index in [2.05, 4.69) is 0 Å². The summed E-state index contributed by atoms with van der Waals surface area (Å²) >= 11 is 0. The van der Waals surface area contributed by atoms with Gasteiger partial charge in [0, 0.05) is 16.7 Å². The minimum atomic E-state index is -1.13. The Balaban J connectivity index is 0.000000163. The maximum Gasteiger partial charge on any atom is 3.00 e. The first-order valence-corrected chi connectivity index (χ1v) is 11.9. The maximum atomic E-state index is 10.7. The number of hydrogen-bond acceptors (Lipinski definition) is 6. The van der Waals surface area contributed by atoms with Crippen molar-refractivity contribution in [1.82, 2.24) is 0 Å². The van der Waals surface area contributed by atoms with Gasteiger partial charge < -0.3 is 29.7 Å². The zero-order valence-corrected chi connectivity index (χ0v) is 22.3. The van der Waals surface area contributed by atoms with Crippen molar-refractivity contribution in [3.8, 4) is 0 Å². The van der Waals surface area contributed by atoms with Gasteiger partial charge in [-0.05, 0) is 32.3 Å². The summed E-state index contributed by atoms with van der Waals surface area (Å²) in [5, 5.41) is 37.1. The zero-order valence-electron chi connectivity index (χ0n) is 21.2. The minimum absolute atomic E-state index is 0. The number of benzene rings is 6. The number of hydrogen-bond donors (Lipinski definition) is 0. The molecule has 0 unspecified atom stereocenters. The number of carboxylic acid groups (broad SMARTS) is 3. The first-order valence-electron chi connectivity index (χ1n) is 11.9. The van der Waals surface area contributed by atoms with Crippen molar-refractivity contribution < 1.29 is 29.7 Å². The molecule has 0 N–H and O–H groups in total. The fraction of sp³-hybridized carbons (Fsp3) is 0. The van der Waals surface area contributed by atoms with Crippen molar-refractivity contribution in [3.63, 3.8) is 0 Å². The Labute approximate surface area is 240 Å². The second kappa shape index (κ2) is 13.7. The second-order valence-electron chi connectivity index (χ2n) is 8.44. The van der Waals surface area contributed by atoms with Crippen LogP contribution in [-0.4, -0.2) is 35.3 Å². The quantitative estimate of drug-likeness (QED) is 0.318. The average molecular weight is 541 g/mol. The first kappa shape index (κ1) is 29.6. The van der Waals surface area contributed by atoms with Gasteiger partial charge in [-0.15, -0.1) is 0 Å². The predicted molar refractivity (Wildman–Crippen MR) is 151 cm³/mol. The topological polar surface area (TPSA) is 120 Å². The molecule has 7 heteroatoms. The Hall–Kier alpha value is -4.96. The van der Waals surface area contributed by atoms with E-state index < -0.39 is 17.9 Å². The molecule has 6 nitrogen and oxygen atoms in total. The van der Waals surface area contributed by atoms with Gasteiger partial charge in [-0.3, -0.25) is 0 Å². The number of fused-ring (bicyclic) bond motifs is 3. The molecule has 0 bridgehead atoms. The minimum Gasteiger partial charge on any atom is -0.545 e. The number of rotatable bonds is 3. The van der Waals surface area contributed by atoms with E-state index in [1.54, 1.807) is 54.6 Å². The number of carboxylic acids is 3. The van der Waals surface area contributed by atoms with Gasteiger partial charge in [0.2, 0.25) is 0 Å². The van der Waals surface area contributed by atoms with Crippen molar-refractivity contribution in [3.05, 3.63) is 144 Å².